The van der Waals surface area contributed by atoms with E-state index >= 15 is 0 Å². The maximum Gasteiger partial charge on any atom is 0.128 e. The molecule has 84 valence electrons. The normalized spacial score (nSPS) is 10.4. The lowest BCUT2D eigenvalue weighted by Gasteiger charge is -2.09. The molecule has 0 aliphatic rings. The highest BCUT2D eigenvalue weighted by Gasteiger charge is 2.02. The summed E-state index contributed by atoms with van der Waals surface area (Å²) in [6, 6.07) is 7.71. The molecule has 0 atom stereocenters. The molecule has 16 heavy (non-hydrogen) atoms. The van der Waals surface area contributed by atoms with Crippen molar-refractivity contribution in [3.05, 3.63) is 47.5 Å². The van der Waals surface area contributed by atoms with Crippen molar-refractivity contribution >= 4 is 17.3 Å². The molecule has 0 bridgehead atoms. The minimum atomic E-state index is 0.685. The summed E-state index contributed by atoms with van der Waals surface area (Å²) in [5.74, 6) is 1.02. The van der Waals surface area contributed by atoms with E-state index in [2.05, 4.69) is 21.8 Å². The zero-order chi connectivity index (χ0) is 11.4. The minimum absolute atomic E-state index is 0.685. The Bertz CT molecular complexity index is 465. The summed E-state index contributed by atoms with van der Waals surface area (Å²) in [4.78, 5) is 4.29. The van der Waals surface area contributed by atoms with Crippen LogP contribution in [0.15, 0.2) is 36.7 Å². The Morgan fingerprint density at radius 1 is 1.38 bits per heavy atom. The molecule has 4 heteroatoms. The summed E-state index contributed by atoms with van der Waals surface area (Å²) < 4.78 is 2.10. The van der Waals surface area contributed by atoms with Gasteiger partial charge >= 0.3 is 0 Å². The fraction of sp³-hybridized carbons (Fsp3) is 0.250. The molecule has 2 aromatic rings. The fourth-order valence-electron chi connectivity index (χ4n) is 1.57. The number of anilines is 1. The first-order chi connectivity index (χ1) is 7.81. The molecule has 0 fully saturated rings. The molecule has 0 unspecified atom stereocenters. The van der Waals surface area contributed by atoms with Gasteiger partial charge < -0.3 is 9.88 Å². The summed E-state index contributed by atoms with van der Waals surface area (Å²) >= 11 is 6.05. The van der Waals surface area contributed by atoms with Crippen molar-refractivity contribution in [2.45, 2.75) is 20.0 Å². The number of nitrogens with zero attached hydrogens (tertiary/aromatic N) is 2. The molecule has 1 aromatic carbocycles. The van der Waals surface area contributed by atoms with E-state index in [1.165, 1.54) is 0 Å². The molecule has 0 aliphatic heterocycles. The van der Waals surface area contributed by atoms with Crippen LogP contribution in [0.1, 0.15) is 12.7 Å². The topological polar surface area (TPSA) is 29.9 Å². The minimum Gasteiger partial charge on any atom is -0.377 e. The maximum absolute atomic E-state index is 6.05. The number of halogens is 1. The van der Waals surface area contributed by atoms with E-state index in [0.717, 1.165) is 23.1 Å². The van der Waals surface area contributed by atoms with Gasteiger partial charge in [-0.3, -0.25) is 0 Å². The third kappa shape index (κ3) is 2.36. The van der Waals surface area contributed by atoms with E-state index < -0.39 is 0 Å². The molecule has 1 aromatic heterocycles. The standard InChI is InChI=1S/C12H14ClN3/c1-2-16-8-7-14-12(16)9-15-11-6-4-3-5-10(11)13/h3-8,15H,2,9H2,1H3. The van der Waals surface area contributed by atoms with Crippen LogP contribution in [-0.4, -0.2) is 9.55 Å². The molecule has 2 rings (SSSR count). The van der Waals surface area contributed by atoms with Gasteiger partial charge in [0.2, 0.25) is 0 Å². The summed E-state index contributed by atoms with van der Waals surface area (Å²) in [5, 5.41) is 4.01. The van der Waals surface area contributed by atoms with E-state index in [-0.39, 0.29) is 0 Å². The van der Waals surface area contributed by atoms with Gasteiger partial charge in [0.15, 0.2) is 0 Å². The van der Waals surface area contributed by atoms with E-state index in [0.29, 0.717) is 6.54 Å². The van der Waals surface area contributed by atoms with Gasteiger partial charge in [0, 0.05) is 18.9 Å². The molecule has 1 N–H and O–H groups in total. The zero-order valence-electron chi connectivity index (χ0n) is 9.15. The maximum atomic E-state index is 6.05. The smallest absolute Gasteiger partial charge is 0.128 e. The Balaban J connectivity index is 2.05. The Labute approximate surface area is 100 Å². The molecule has 0 spiro atoms. The second-order valence-corrected chi connectivity index (χ2v) is 3.87. The lowest BCUT2D eigenvalue weighted by atomic mass is 10.3. The Morgan fingerprint density at radius 3 is 2.94 bits per heavy atom. The molecule has 3 nitrogen and oxygen atoms in total. The average molecular weight is 236 g/mol. The van der Waals surface area contributed by atoms with Crippen LogP contribution in [0.2, 0.25) is 5.02 Å². The molecule has 0 aliphatic carbocycles. The van der Waals surface area contributed by atoms with Crippen molar-refractivity contribution in [3.63, 3.8) is 0 Å². The molecule has 1 heterocycles. The highest BCUT2D eigenvalue weighted by Crippen LogP contribution is 2.20. The summed E-state index contributed by atoms with van der Waals surface area (Å²) in [7, 11) is 0. The summed E-state index contributed by atoms with van der Waals surface area (Å²) in [6.07, 6.45) is 3.79. The van der Waals surface area contributed by atoms with Gasteiger partial charge in [-0.05, 0) is 19.1 Å². The number of hydrogen-bond donors (Lipinski definition) is 1. The highest BCUT2D eigenvalue weighted by molar-refractivity contribution is 6.33. The SMILES string of the molecule is CCn1ccnc1CNc1ccccc1Cl. The van der Waals surface area contributed by atoms with E-state index in [9.17, 15) is 0 Å². The molecule has 0 radical (unpaired) electrons. The first-order valence-electron chi connectivity index (χ1n) is 5.29. The summed E-state index contributed by atoms with van der Waals surface area (Å²) in [5.41, 5.74) is 0.940. The molecular formula is C12H14ClN3. The fourth-order valence-corrected chi connectivity index (χ4v) is 1.78. The number of rotatable bonds is 4. The van der Waals surface area contributed by atoms with Gasteiger partial charge in [-0.2, -0.15) is 0 Å². The molecule has 0 saturated heterocycles. The van der Waals surface area contributed by atoms with Crippen LogP contribution in [0.3, 0.4) is 0 Å². The monoisotopic (exact) mass is 235 g/mol. The largest absolute Gasteiger partial charge is 0.377 e. The number of imidazole rings is 1. The van der Waals surface area contributed by atoms with Gasteiger partial charge in [-0.25, -0.2) is 4.98 Å². The first kappa shape index (κ1) is 11.0. The van der Waals surface area contributed by atoms with E-state index in [1.807, 2.05) is 36.7 Å². The number of aromatic nitrogens is 2. The lowest BCUT2D eigenvalue weighted by molar-refractivity contribution is 0.708. The van der Waals surface area contributed by atoms with Gasteiger partial charge in [0.25, 0.3) is 0 Å². The third-order valence-electron chi connectivity index (χ3n) is 2.45. The van der Waals surface area contributed by atoms with Crippen LogP contribution in [0, 0.1) is 0 Å². The highest BCUT2D eigenvalue weighted by atomic mass is 35.5. The average Bonchev–Trinajstić information content (AvgIpc) is 2.75. The number of benzene rings is 1. The van der Waals surface area contributed by atoms with Gasteiger partial charge in [-0.15, -0.1) is 0 Å². The van der Waals surface area contributed by atoms with Crippen molar-refractivity contribution in [1.29, 1.82) is 0 Å². The van der Waals surface area contributed by atoms with Gasteiger partial charge in [0.1, 0.15) is 5.82 Å². The van der Waals surface area contributed by atoms with Crippen molar-refractivity contribution < 1.29 is 0 Å². The summed E-state index contributed by atoms with van der Waals surface area (Å²) in [6.45, 7) is 3.71. The number of para-hydroxylation sites is 1. The predicted octanol–water partition coefficient (Wildman–Crippen LogP) is 3.17. The number of aryl methyl sites for hydroxylation is 1. The van der Waals surface area contributed by atoms with Crippen molar-refractivity contribution in [1.82, 2.24) is 9.55 Å². The van der Waals surface area contributed by atoms with Crippen molar-refractivity contribution in [2.75, 3.05) is 5.32 Å². The van der Waals surface area contributed by atoms with Crippen LogP contribution in [0.5, 0.6) is 0 Å². The Hall–Kier alpha value is -1.48. The first-order valence-corrected chi connectivity index (χ1v) is 5.67. The van der Waals surface area contributed by atoms with E-state index in [1.54, 1.807) is 0 Å². The molecule has 0 saturated carbocycles. The van der Waals surface area contributed by atoms with Crippen LogP contribution in [0.4, 0.5) is 5.69 Å². The zero-order valence-corrected chi connectivity index (χ0v) is 9.91. The molecular weight excluding hydrogens is 222 g/mol. The van der Waals surface area contributed by atoms with Crippen molar-refractivity contribution in [2.24, 2.45) is 0 Å². The van der Waals surface area contributed by atoms with Crippen LogP contribution in [-0.2, 0) is 13.1 Å². The van der Waals surface area contributed by atoms with Crippen LogP contribution < -0.4 is 5.32 Å². The van der Waals surface area contributed by atoms with Crippen LogP contribution >= 0.6 is 11.6 Å². The quantitative estimate of drug-likeness (QED) is 0.882. The predicted molar refractivity (Wildman–Crippen MR) is 66.7 cm³/mol. The lowest BCUT2D eigenvalue weighted by Crippen LogP contribution is -2.07. The second kappa shape index (κ2) is 5.03. The number of hydrogen-bond acceptors (Lipinski definition) is 2. The van der Waals surface area contributed by atoms with Crippen LogP contribution in [0.25, 0.3) is 0 Å². The third-order valence-corrected chi connectivity index (χ3v) is 2.78. The van der Waals surface area contributed by atoms with Gasteiger partial charge in [-0.1, -0.05) is 23.7 Å². The Kier molecular flexibility index (Phi) is 3.47. The van der Waals surface area contributed by atoms with Gasteiger partial charge in [0.05, 0.1) is 17.3 Å². The van der Waals surface area contributed by atoms with E-state index in [4.69, 9.17) is 11.6 Å². The number of nitrogens with one attached hydrogen (secondary N) is 1. The van der Waals surface area contributed by atoms with Crippen molar-refractivity contribution in [3.8, 4) is 0 Å². The second-order valence-electron chi connectivity index (χ2n) is 3.46. The Morgan fingerprint density at radius 2 is 2.19 bits per heavy atom. The molecule has 0 amide bonds.